The monoisotopic (exact) mass is 340 g/mol. The molecular weight excluding hydrogens is 312 g/mol. The molecule has 1 aromatic rings. The summed E-state index contributed by atoms with van der Waals surface area (Å²) in [5.41, 5.74) is 3.56. The van der Waals surface area contributed by atoms with Gasteiger partial charge >= 0.3 is 5.97 Å². The molecule has 3 nitrogen and oxygen atoms in total. The van der Waals surface area contributed by atoms with E-state index in [2.05, 4.69) is 44.8 Å². The molecule has 0 bridgehead atoms. The molecule has 0 fully saturated rings. The van der Waals surface area contributed by atoms with E-state index in [1.807, 2.05) is 24.3 Å². The minimum absolute atomic E-state index is 0.00859. The van der Waals surface area contributed by atoms with Gasteiger partial charge in [0, 0.05) is 0 Å². The molecule has 0 aliphatic rings. The molecule has 1 aromatic carbocycles. The number of rotatable bonds is 9. The minimum atomic E-state index is -0.846. The predicted octanol–water partition coefficient (Wildman–Crippen LogP) is 5.34. The first kappa shape index (κ1) is 20.6. The van der Waals surface area contributed by atoms with Gasteiger partial charge in [-0.3, -0.25) is 4.79 Å². The molecule has 25 heavy (non-hydrogen) atoms. The molecule has 0 aliphatic carbocycles. The van der Waals surface area contributed by atoms with Gasteiger partial charge in [-0.1, -0.05) is 35.3 Å². The number of carboxylic acids is 1. The first-order chi connectivity index (χ1) is 11.9. The SMILES string of the molecule is CC#C[C@H](CC(=O)O)c1ccc(OC/C=C(/C)CCC=C(C)C)cc1. The Balaban J connectivity index is 2.57. The molecule has 0 saturated carbocycles. The van der Waals surface area contributed by atoms with Crippen molar-refractivity contribution in [1.29, 1.82) is 0 Å². The van der Waals surface area contributed by atoms with Gasteiger partial charge in [0.25, 0.3) is 0 Å². The molecule has 0 amide bonds. The highest BCUT2D eigenvalue weighted by molar-refractivity contribution is 5.69. The van der Waals surface area contributed by atoms with E-state index in [1.165, 1.54) is 11.1 Å². The average Bonchev–Trinajstić information content (AvgIpc) is 2.54. The van der Waals surface area contributed by atoms with Crippen LogP contribution in [0, 0.1) is 11.8 Å². The molecule has 1 atom stereocenters. The second-order valence-electron chi connectivity index (χ2n) is 6.30. The standard InChI is InChI=1S/C22H28O3/c1-5-7-20(16-22(23)24)19-10-12-21(13-11-19)25-15-14-18(4)9-6-8-17(2)3/h8,10-14,20H,6,9,15-16H2,1-4H3,(H,23,24)/b18-14-/t20-/m1/s1. The summed E-state index contributed by atoms with van der Waals surface area (Å²) in [4.78, 5) is 10.9. The smallest absolute Gasteiger partial charge is 0.304 e. The highest BCUT2D eigenvalue weighted by Gasteiger charge is 2.12. The Morgan fingerprint density at radius 3 is 2.44 bits per heavy atom. The van der Waals surface area contributed by atoms with Gasteiger partial charge in [0.2, 0.25) is 0 Å². The lowest BCUT2D eigenvalue weighted by molar-refractivity contribution is -0.137. The zero-order chi connectivity index (χ0) is 18.7. The van der Waals surface area contributed by atoms with Crippen molar-refractivity contribution < 1.29 is 14.6 Å². The maximum Gasteiger partial charge on any atom is 0.304 e. The van der Waals surface area contributed by atoms with E-state index in [0.29, 0.717) is 6.61 Å². The summed E-state index contributed by atoms with van der Waals surface area (Å²) in [6.45, 7) is 8.59. The highest BCUT2D eigenvalue weighted by atomic mass is 16.5. The largest absolute Gasteiger partial charge is 0.490 e. The molecule has 0 unspecified atom stereocenters. The van der Waals surface area contributed by atoms with Crippen LogP contribution >= 0.6 is 0 Å². The maximum absolute atomic E-state index is 10.9. The molecule has 0 aliphatic heterocycles. The zero-order valence-corrected chi connectivity index (χ0v) is 15.6. The van der Waals surface area contributed by atoms with Crippen LogP contribution in [0.5, 0.6) is 5.75 Å². The van der Waals surface area contributed by atoms with Gasteiger partial charge in [-0.05, 0) is 64.3 Å². The van der Waals surface area contributed by atoms with Crippen LogP contribution in [-0.2, 0) is 4.79 Å². The fraction of sp³-hybridized carbons (Fsp3) is 0.409. The lowest BCUT2D eigenvalue weighted by Crippen LogP contribution is -2.04. The molecule has 0 saturated heterocycles. The Bertz CT molecular complexity index is 665. The predicted molar refractivity (Wildman–Crippen MR) is 103 cm³/mol. The van der Waals surface area contributed by atoms with Crippen molar-refractivity contribution in [3.05, 3.63) is 53.1 Å². The number of ether oxygens (including phenoxy) is 1. The second-order valence-corrected chi connectivity index (χ2v) is 6.30. The van der Waals surface area contributed by atoms with Gasteiger partial charge in [0.05, 0.1) is 12.3 Å². The third-order valence-corrected chi connectivity index (χ3v) is 3.75. The summed E-state index contributed by atoms with van der Waals surface area (Å²) in [5.74, 6) is 5.39. The van der Waals surface area contributed by atoms with E-state index in [4.69, 9.17) is 9.84 Å². The van der Waals surface area contributed by atoms with Gasteiger partial charge in [-0.15, -0.1) is 5.92 Å². The minimum Gasteiger partial charge on any atom is -0.490 e. The fourth-order valence-corrected chi connectivity index (χ4v) is 2.37. The van der Waals surface area contributed by atoms with Crippen molar-refractivity contribution in [1.82, 2.24) is 0 Å². The lowest BCUT2D eigenvalue weighted by Gasteiger charge is -2.10. The van der Waals surface area contributed by atoms with Gasteiger partial charge in [0.15, 0.2) is 0 Å². The molecular formula is C22H28O3. The van der Waals surface area contributed by atoms with Crippen molar-refractivity contribution in [3.8, 4) is 17.6 Å². The third-order valence-electron chi connectivity index (χ3n) is 3.75. The number of carbonyl (C=O) groups is 1. The fourth-order valence-electron chi connectivity index (χ4n) is 2.37. The van der Waals surface area contributed by atoms with Crippen LogP contribution in [0.2, 0.25) is 0 Å². The van der Waals surface area contributed by atoms with E-state index in [0.717, 1.165) is 24.2 Å². The van der Waals surface area contributed by atoms with Crippen LogP contribution in [-0.4, -0.2) is 17.7 Å². The second kappa shape index (κ2) is 11.1. The molecule has 3 heteroatoms. The topological polar surface area (TPSA) is 46.5 Å². The number of carboxylic acid groups (broad SMARTS) is 1. The number of allylic oxidation sites excluding steroid dienone is 3. The van der Waals surface area contributed by atoms with E-state index in [-0.39, 0.29) is 12.3 Å². The van der Waals surface area contributed by atoms with Crippen LogP contribution in [0.25, 0.3) is 0 Å². The summed E-state index contributed by atoms with van der Waals surface area (Å²) in [5, 5.41) is 8.98. The van der Waals surface area contributed by atoms with Crippen molar-refractivity contribution in [3.63, 3.8) is 0 Å². The van der Waals surface area contributed by atoms with Crippen molar-refractivity contribution in [2.75, 3.05) is 6.61 Å². The van der Waals surface area contributed by atoms with Gasteiger partial charge in [-0.25, -0.2) is 0 Å². The molecule has 1 rings (SSSR count). The normalized spacial score (nSPS) is 11.9. The first-order valence-electron chi connectivity index (χ1n) is 8.58. The van der Waals surface area contributed by atoms with Gasteiger partial charge in [0.1, 0.15) is 12.4 Å². The maximum atomic E-state index is 10.9. The first-order valence-corrected chi connectivity index (χ1v) is 8.58. The molecule has 0 radical (unpaired) electrons. The number of benzene rings is 1. The van der Waals surface area contributed by atoms with Gasteiger partial charge in [-0.2, -0.15) is 0 Å². The van der Waals surface area contributed by atoms with E-state index < -0.39 is 5.97 Å². The average molecular weight is 340 g/mol. The van der Waals surface area contributed by atoms with Crippen molar-refractivity contribution in [2.24, 2.45) is 0 Å². The molecule has 0 aromatic heterocycles. The lowest BCUT2D eigenvalue weighted by atomic mass is 9.96. The van der Waals surface area contributed by atoms with E-state index >= 15 is 0 Å². The Hall–Kier alpha value is -2.47. The van der Waals surface area contributed by atoms with Crippen molar-refractivity contribution >= 4 is 5.97 Å². The summed E-state index contributed by atoms with van der Waals surface area (Å²) < 4.78 is 5.74. The Labute approximate surface area is 151 Å². The van der Waals surface area contributed by atoms with E-state index in [9.17, 15) is 4.79 Å². The zero-order valence-electron chi connectivity index (χ0n) is 15.6. The van der Waals surface area contributed by atoms with Crippen LogP contribution in [0.15, 0.2) is 47.6 Å². The van der Waals surface area contributed by atoms with Crippen molar-refractivity contribution in [2.45, 2.75) is 52.9 Å². The number of hydrogen-bond donors (Lipinski definition) is 1. The summed E-state index contributed by atoms with van der Waals surface area (Å²) in [7, 11) is 0. The van der Waals surface area contributed by atoms with Crippen LogP contribution in [0.3, 0.4) is 0 Å². The summed E-state index contributed by atoms with van der Waals surface area (Å²) in [6, 6.07) is 7.51. The number of aliphatic carboxylic acids is 1. The Kier molecular flexibility index (Phi) is 9.17. The van der Waals surface area contributed by atoms with Crippen LogP contribution < -0.4 is 4.74 Å². The molecule has 0 spiro atoms. The molecule has 134 valence electrons. The summed E-state index contributed by atoms with van der Waals surface area (Å²) >= 11 is 0. The van der Waals surface area contributed by atoms with Crippen LogP contribution in [0.4, 0.5) is 0 Å². The Morgan fingerprint density at radius 2 is 1.88 bits per heavy atom. The summed E-state index contributed by atoms with van der Waals surface area (Å²) in [6.07, 6.45) is 6.45. The quantitative estimate of drug-likeness (QED) is 0.487. The van der Waals surface area contributed by atoms with Gasteiger partial charge < -0.3 is 9.84 Å². The van der Waals surface area contributed by atoms with Crippen LogP contribution in [0.1, 0.15) is 58.4 Å². The third kappa shape index (κ3) is 8.81. The number of hydrogen-bond acceptors (Lipinski definition) is 2. The molecule has 0 heterocycles. The molecule has 1 N–H and O–H groups in total. The Morgan fingerprint density at radius 1 is 1.20 bits per heavy atom. The van der Waals surface area contributed by atoms with E-state index in [1.54, 1.807) is 6.92 Å². The highest BCUT2D eigenvalue weighted by Crippen LogP contribution is 2.22.